The van der Waals surface area contributed by atoms with Crippen molar-refractivity contribution in [3.8, 4) is 5.75 Å². The van der Waals surface area contributed by atoms with Gasteiger partial charge in [0.15, 0.2) is 0 Å². The van der Waals surface area contributed by atoms with Crippen LogP contribution in [0.25, 0.3) is 0 Å². The summed E-state index contributed by atoms with van der Waals surface area (Å²) in [5, 5.41) is 3.44. The van der Waals surface area contributed by atoms with E-state index in [9.17, 15) is 0 Å². The number of ether oxygens (including phenoxy) is 1. The Morgan fingerprint density at radius 3 is 2.67 bits per heavy atom. The van der Waals surface area contributed by atoms with E-state index in [4.69, 9.17) is 4.74 Å². The third-order valence-electron chi connectivity index (χ3n) is 2.90. The number of para-hydroxylation sites is 1. The van der Waals surface area contributed by atoms with Crippen LogP contribution in [0.3, 0.4) is 0 Å². The van der Waals surface area contributed by atoms with Crippen LogP contribution in [0.1, 0.15) is 25.8 Å². The molecule has 0 aliphatic carbocycles. The molecule has 0 unspecified atom stereocenters. The quantitative estimate of drug-likeness (QED) is 0.718. The van der Waals surface area contributed by atoms with Crippen molar-refractivity contribution in [2.24, 2.45) is 0 Å². The lowest BCUT2D eigenvalue weighted by Crippen LogP contribution is -2.27. The summed E-state index contributed by atoms with van der Waals surface area (Å²) in [5.74, 6) is 0.977. The summed E-state index contributed by atoms with van der Waals surface area (Å²) in [5.41, 5.74) is 1.25. The van der Waals surface area contributed by atoms with Crippen molar-refractivity contribution in [1.82, 2.24) is 10.2 Å². The summed E-state index contributed by atoms with van der Waals surface area (Å²) in [7, 11) is 3.88. The molecule has 3 nitrogen and oxygen atoms in total. The van der Waals surface area contributed by atoms with Gasteiger partial charge in [-0.25, -0.2) is 0 Å². The molecule has 102 valence electrons. The average Bonchev–Trinajstić information content (AvgIpc) is 2.35. The predicted octanol–water partition coefficient (Wildman–Crippen LogP) is 2.52. The zero-order valence-corrected chi connectivity index (χ0v) is 12.1. The fourth-order valence-electron chi connectivity index (χ4n) is 1.94. The van der Waals surface area contributed by atoms with Gasteiger partial charge in [-0.3, -0.25) is 0 Å². The Morgan fingerprint density at radius 2 is 2.00 bits per heavy atom. The number of rotatable bonds is 8. The molecule has 0 atom stereocenters. The lowest BCUT2D eigenvalue weighted by atomic mass is 10.2. The first kappa shape index (κ1) is 15.0. The molecule has 3 heteroatoms. The minimum absolute atomic E-state index is 0.574. The second-order valence-corrected chi connectivity index (χ2v) is 5.01. The number of benzene rings is 1. The molecule has 1 aromatic rings. The molecule has 18 heavy (non-hydrogen) atoms. The van der Waals surface area contributed by atoms with Crippen LogP contribution in [0.15, 0.2) is 24.3 Å². The van der Waals surface area contributed by atoms with E-state index in [-0.39, 0.29) is 0 Å². The smallest absolute Gasteiger partial charge is 0.123 e. The minimum Gasteiger partial charge on any atom is -0.496 e. The highest BCUT2D eigenvalue weighted by Crippen LogP contribution is 2.18. The molecular weight excluding hydrogens is 224 g/mol. The molecule has 0 heterocycles. The summed E-state index contributed by atoms with van der Waals surface area (Å²) in [6.07, 6.45) is 1.17. The first-order chi connectivity index (χ1) is 8.63. The van der Waals surface area contributed by atoms with Crippen LogP contribution in [0.5, 0.6) is 5.75 Å². The van der Waals surface area contributed by atoms with Gasteiger partial charge in [0.1, 0.15) is 5.75 Å². The minimum atomic E-state index is 0.574. The van der Waals surface area contributed by atoms with Crippen LogP contribution in [-0.2, 0) is 6.54 Å². The fourth-order valence-corrected chi connectivity index (χ4v) is 1.94. The third kappa shape index (κ3) is 5.52. The van der Waals surface area contributed by atoms with Crippen LogP contribution in [0.4, 0.5) is 0 Å². The van der Waals surface area contributed by atoms with Crippen molar-refractivity contribution >= 4 is 0 Å². The van der Waals surface area contributed by atoms with E-state index in [1.807, 2.05) is 12.1 Å². The number of methoxy groups -OCH3 is 1. The first-order valence-corrected chi connectivity index (χ1v) is 6.67. The first-order valence-electron chi connectivity index (χ1n) is 6.67. The monoisotopic (exact) mass is 250 g/mol. The standard InChI is InChI=1S/C15H26N2O/c1-13(2)16-10-7-11-17(3)12-14-8-5-6-9-15(14)18-4/h5-6,8-9,13,16H,7,10-12H2,1-4H3. The van der Waals surface area contributed by atoms with Gasteiger partial charge in [-0.1, -0.05) is 32.0 Å². The van der Waals surface area contributed by atoms with Crippen molar-refractivity contribution < 1.29 is 4.74 Å². The Labute approximate surface area is 111 Å². The van der Waals surface area contributed by atoms with E-state index in [0.717, 1.165) is 25.4 Å². The van der Waals surface area contributed by atoms with Crippen molar-refractivity contribution in [3.63, 3.8) is 0 Å². The zero-order valence-electron chi connectivity index (χ0n) is 12.1. The molecule has 1 rings (SSSR count). The van der Waals surface area contributed by atoms with Crippen LogP contribution in [-0.4, -0.2) is 38.2 Å². The van der Waals surface area contributed by atoms with Gasteiger partial charge in [-0.2, -0.15) is 0 Å². The highest BCUT2D eigenvalue weighted by atomic mass is 16.5. The van der Waals surface area contributed by atoms with Crippen LogP contribution in [0.2, 0.25) is 0 Å². The topological polar surface area (TPSA) is 24.5 Å². The Hall–Kier alpha value is -1.06. The summed E-state index contributed by atoms with van der Waals surface area (Å²) >= 11 is 0. The highest BCUT2D eigenvalue weighted by Gasteiger charge is 2.05. The van der Waals surface area contributed by atoms with Gasteiger partial charge in [-0.15, -0.1) is 0 Å². The average molecular weight is 250 g/mol. The van der Waals surface area contributed by atoms with Gasteiger partial charge >= 0.3 is 0 Å². The van der Waals surface area contributed by atoms with E-state index >= 15 is 0 Å². The SMILES string of the molecule is COc1ccccc1CN(C)CCCNC(C)C. The van der Waals surface area contributed by atoms with Gasteiger partial charge in [0, 0.05) is 18.2 Å². The summed E-state index contributed by atoms with van der Waals surface area (Å²) < 4.78 is 5.36. The Morgan fingerprint density at radius 1 is 1.28 bits per heavy atom. The molecule has 1 aromatic carbocycles. The second kappa shape index (κ2) is 8.11. The molecule has 0 saturated carbocycles. The molecule has 0 aliphatic heterocycles. The number of hydrogen-bond acceptors (Lipinski definition) is 3. The Bertz CT molecular complexity index is 339. The maximum atomic E-state index is 5.36. The normalized spacial score (nSPS) is 11.2. The number of hydrogen-bond donors (Lipinski definition) is 1. The van der Waals surface area contributed by atoms with Crippen molar-refractivity contribution in [2.45, 2.75) is 32.9 Å². The molecule has 0 amide bonds. The van der Waals surface area contributed by atoms with E-state index < -0.39 is 0 Å². The molecule has 0 radical (unpaired) electrons. The lowest BCUT2D eigenvalue weighted by Gasteiger charge is -2.18. The Balaban J connectivity index is 2.33. The van der Waals surface area contributed by atoms with Crippen LogP contribution < -0.4 is 10.1 Å². The summed E-state index contributed by atoms with van der Waals surface area (Å²) in [6, 6.07) is 8.79. The molecule has 0 bridgehead atoms. The van der Waals surface area contributed by atoms with Gasteiger partial charge in [0.2, 0.25) is 0 Å². The molecule has 0 spiro atoms. The molecule has 0 saturated heterocycles. The molecule has 0 fully saturated rings. The molecule has 0 aromatic heterocycles. The predicted molar refractivity (Wildman–Crippen MR) is 77.1 cm³/mol. The van der Waals surface area contributed by atoms with Crippen molar-refractivity contribution in [1.29, 1.82) is 0 Å². The second-order valence-electron chi connectivity index (χ2n) is 5.01. The van der Waals surface area contributed by atoms with E-state index in [2.05, 4.69) is 43.2 Å². The van der Waals surface area contributed by atoms with E-state index in [0.29, 0.717) is 6.04 Å². The fraction of sp³-hybridized carbons (Fsp3) is 0.600. The van der Waals surface area contributed by atoms with Crippen molar-refractivity contribution in [3.05, 3.63) is 29.8 Å². The molecule has 1 N–H and O–H groups in total. The molecular formula is C15H26N2O. The van der Waals surface area contributed by atoms with Crippen LogP contribution in [0, 0.1) is 0 Å². The third-order valence-corrected chi connectivity index (χ3v) is 2.90. The lowest BCUT2D eigenvalue weighted by molar-refractivity contribution is 0.310. The van der Waals surface area contributed by atoms with E-state index in [1.54, 1.807) is 7.11 Å². The summed E-state index contributed by atoms with van der Waals surface area (Å²) in [4.78, 5) is 2.33. The summed E-state index contributed by atoms with van der Waals surface area (Å²) in [6.45, 7) is 7.47. The van der Waals surface area contributed by atoms with Crippen LogP contribution >= 0.6 is 0 Å². The Kier molecular flexibility index (Phi) is 6.76. The number of nitrogens with zero attached hydrogens (tertiary/aromatic N) is 1. The van der Waals surface area contributed by atoms with Gasteiger partial charge < -0.3 is 15.0 Å². The largest absolute Gasteiger partial charge is 0.496 e. The maximum Gasteiger partial charge on any atom is 0.123 e. The van der Waals surface area contributed by atoms with Gasteiger partial charge in [-0.05, 0) is 32.6 Å². The van der Waals surface area contributed by atoms with E-state index in [1.165, 1.54) is 12.0 Å². The highest BCUT2D eigenvalue weighted by molar-refractivity contribution is 5.32. The molecule has 0 aliphatic rings. The van der Waals surface area contributed by atoms with Gasteiger partial charge in [0.25, 0.3) is 0 Å². The van der Waals surface area contributed by atoms with Gasteiger partial charge in [0.05, 0.1) is 7.11 Å². The zero-order chi connectivity index (χ0) is 13.4. The van der Waals surface area contributed by atoms with Crippen molar-refractivity contribution in [2.75, 3.05) is 27.2 Å². The number of nitrogens with one attached hydrogen (secondary N) is 1. The maximum absolute atomic E-state index is 5.36.